The number of benzene rings is 1. The number of aryl methyl sites for hydroxylation is 1. The first kappa shape index (κ1) is 24.0. The van der Waals surface area contributed by atoms with Crippen LogP contribution in [0.3, 0.4) is 0 Å². The van der Waals surface area contributed by atoms with Gasteiger partial charge in [0.15, 0.2) is 5.96 Å². The molecule has 0 atom stereocenters. The van der Waals surface area contributed by atoms with Gasteiger partial charge in [-0.2, -0.15) is 0 Å². The Bertz CT molecular complexity index is 674. The van der Waals surface area contributed by atoms with Gasteiger partial charge in [-0.25, -0.2) is 4.99 Å². The number of amides is 1. The first-order valence-electron chi connectivity index (χ1n) is 11.1. The van der Waals surface area contributed by atoms with Crippen LogP contribution in [0.25, 0.3) is 0 Å². The highest BCUT2D eigenvalue weighted by Gasteiger charge is 2.24. The van der Waals surface area contributed by atoms with Crippen LogP contribution >= 0.6 is 0 Å². The van der Waals surface area contributed by atoms with Crippen LogP contribution in [-0.4, -0.2) is 51.8 Å². The fourth-order valence-electron chi connectivity index (χ4n) is 3.14. The van der Waals surface area contributed by atoms with Crippen molar-refractivity contribution in [3.05, 3.63) is 29.3 Å². The molecule has 0 bridgehead atoms. The van der Waals surface area contributed by atoms with Gasteiger partial charge in [-0.1, -0.05) is 18.6 Å². The molecule has 0 unspecified atom stereocenters. The molecule has 0 spiro atoms. The van der Waals surface area contributed by atoms with Gasteiger partial charge in [0, 0.05) is 51.3 Å². The van der Waals surface area contributed by atoms with Crippen LogP contribution in [0, 0.1) is 12.8 Å². The molecule has 7 heteroatoms. The van der Waals surface area contributed by atoms with E-state index >= 15 is 0 Å². The third-order valence-corrected chi connectivity index (χ3v) is 5.15. The van der Waals surface area contributed by atoms with Gasteiger partial charge in [0.05, 0.1) is 13.2 Å². The smallest absolute Gasteiger partial charge is 0.223 e. The average Bonchev–Trinajstić information content (AvgIpc) is 2.68. The summed E-state index contributed by atoms with van der Waals surface area (Å²) in [5.41, 5.74) is 2.22. The van der Waals surface area contributed by atoms with Crippen molar-refractivity contribution in [1.29, 1.82) is 0 Å². The van der Waals surface area contributed by atoms with Gasteiger partial charge >= 0.3 is 0 Å². The zero-order valence-corrected chi connectivity index (χ0v) is 18.8. The first-order valence-corrected chi connectivity index (χ1v) is 11.1. The molecule has 0 heterocycles. The standard InChI is InChI=1S/C23H38N4O3/c1-4-24-23(26-13-6-12-25-22(28)19-8-5-9-19)27-17-20-11-10-18(2)16-21(20)30-15-7-14-29-3/h10-11,16,19H,4-9,12-15,17H2,1-3H3,(H,25,28)(H2,24,26,27). The van der Waals surface area contributed by atoms with Crippen molar-refractivity contribution >= 4 is 11.9 Å². The van der Waals surface area contributed by atoms with Crippen molar-refractivity contribution in [2.24, 2.45) is 10.9 Å². The molecule has 1 aromatic rings. The molecule has 1 fully saturated rings. The Hall–Kier alpha value is -2.28. The normalized spacial score (nSPS) is 14.2. The van der Waals surface area contributed by atoms with Gasteiger partial charge in [-0.15, -0.1) is 0 Å². The number of hydrogen-bond donors (Lipinski definition) is 3. The summed E-state index contributed by atoms with van der Waals surface area (Å²) >= 11 is 0. The van der Waals surface area contributed by atoms with E-state index in [1.807, 2.05) is 6.92 Å². The topological polar surface area (TPSA) is 84.0 Å². The van der Waals surface area contributed by atoms with E-state index in [0.717, 1.165) is 56.0 Å². The summed E-state index contributed by atoms with van der Waals surface area (Å²) in [4.78, 5) is 16.6. The molecule has 7 nitrogen and oxygen atoms in total. The van der Waals surface area contributed by atoms with Gasteiger partial charge in [0.1, 0.15) is 5.75 Å². The van der Waals surface area contributed by atoms with Crippen molar-refractivity contribution in [1.82, 2.24) is 16.0 Å². The quantitative estimate of drug-likeness (QED) is 0.261. The van der Waals surface area contributed by atoms with E-state index in [1.54, 1.807) is 7.11 Å². The predicted octanol–water partition coefficient (Wildman–Crippen LogP) is 2.77. The molecular weight excluding hydrogens is 380 g/mol. The molecule has 1 aliphatic carbocycles. The lowest BCUT2D eigenvalue weighted by molar-refractivity contribution is -0.127. The number of carbonyl (C=O) groups is 1. The van der Waals surface area contributed by atoms with Crippen LogP contribution in [0.4, 0.5) is 0 Å². The van der Waals surface area contributed by atoms with Crippen LogP contribution in [0.1, 0.15) is 50.2 Å². The van der Waals surface area contributed by atoms with Crippen LogP contribution < -0.4 is 20.7 Å². The van der Waals surface area contributed by atoms with E-state index in [4.69, 9.17) is 14.5 Å². The molecule has 0 radical (unpaired) electrons. The summed E-state index contributed by atoms with van der Waals surface area (Å²) in [5, 5.41) is 9.64. The Morgan fingerprint density at radius 1 is 1.13 bits per heavy atom. The third-order valence-electron chi connectivity index (χ3n) is 5.15. The van der Waals surface area contributed by atoms with Gasteiger partial charge < -0.3 is 25.4 Å². The van der Waals surface area contributed by atoms with E-state index < -0.39 is 0 Å². The first-order chi connectivity index (χ1) is 14.6. The van der Waals surface area contributed by atoms with Gasteiger partial charge in [-0.3, -0.25) is 4.79 Å². The molecule has 3 N–H and O–H groups in total. The van der Waals surface area contributed by atoms with E-state index in [-0.39, 0.29) is 11.8 Å². The zero-order valence-electron chi connectivity index (χ0n) is 18.8. The summed E-state index contributed by atoms with van der Waals surface area (Å²) in [6.07, 6.45) is 4.98. The molecule has 1 saturated carbocycles. The summed E-state index contributed by atoms with van der Waals surface area (Å²) in [5.74, 6) is 2.11. The highest BCUT2D eigenvalue weighted by Crippen LogP contribution is 2.26. The van der Waals surface area contributed by atoms with Crippen molar-refractivity contribution in [3.63, 3.8) is 0 Å². The van der Waals surface area contributed by atoms with Gasteiger partial charge in [0.2, 0.25) is 5.91 Å². The fraction of sp³-hybridized carbons (Fsp3) is 0.652. The number of carbonyl (C=O) groups excluding carboxylic acids is 1. The van der Waals surface area contributed by atoms with Crippen molar-refractivity contribution in [3.8, 4) is 5.75 Å². The SMILES string of the molecule is CCNC(=NCc1ccc(C)cc1OCCCOC)NCCCNC(=O)C1CCC1. The number of nitrogens with one attached hydrogen (secondary N) is 3. The molecule has 0 aromatic heterocycles. The monoisotopic (exact) mass is 418 g/mol. The second-order valence-corrected chi connectivity index (χ2v) is 7.70. The van der Waals surface area contributed by atoms with Crippen LogP contribution in [0.15, 0.2) is 23.2 Å². The Balaban J connectivity index is 1.80. The minimum atomic E-state index is 0.208. The maximum Gasteiger partial charge on any atom is 0.223 e. The number of nitrogens with zero attached hydrogens (tertiary/aromatic N) is 1. The van der Waals surface area contributed by atoms with Gasteiger partial charge in [0.25, 0.3) is 0 Å². The summed E-state index contributed by atoms with van der Waals surface area (Å²) in [7, 11) is 1.70. The Morgan fingerprint density at radius 2 is 1.93 bits per heavy atom. The second kappa shape index (κ2) is 13.9. The number of aliphatic imine (C=N–C) groups is 1. The molecule has 0 aliphatic heterocycles. The van der Waals surface area contributed by atoms with E-state index in [9.17, 15) is 4.79 Å². The maximum absolute atomic E-state index is 11.9. The van der Waals surface area contributed by atoms with Crippen LogP contribution in [0.2, 0.25) is 0 Å². The molecule has 0 saturated heterocycles. The minimum Gasteiger partial charge on any atom is -0.493 e. The van der Waals surface area contributed by atoms with E-state index in [2.05, 4.69) is 41.1 Å². The molecule has 168 valence electrons. The fourth-order valence-corrected chi connectivity index (χ4v) is 3.14. The number of ether oxygens (including phenoxy) is 2. The van der Waals surface area contributed by atoms with Crippen molar-refractivity contribution in [2.45, 2.75) is 52.5 Å². The third kappa shape index (κ3) is 8.61. The summed E-state index contributed by atoms with van der Waals surface area (Å²) in [6, 6.07) is 6.21. The van der Waals surface area contributed by atoms with E-state index in [0.29, 0.717) is 26.3 Å². The molecule has 1 amide bonds. The number of methoxy groups -OCH3 is 1. The highest BCUT2D eigenvalue weighted by atomic mass is 16.5. The predicted molar refractivity (Wildman–Crippen MR) is 121 cm³/mol. The van der Waals surface area contributed by atoms with Gasteiger partial charge in [-0.05, 0) is 44.7 Å². The van der Waals surface area contributed by atoms with Crippen molar-refractivity contribution in [2.75, 3.05) is 40.0 Å². The molecule has 30 heavy (non-hydrogen) atoms. The number of hydrogen-bond acceptors (Lipinski definition) is 4. The average molecular weight is 419 g/mol. The highest BCUT2D eigenvalue weighted by molar-refractivity contribution is 5.80. The second-order valence-electron chi connectivity index (χ2n) is 7.70. The lowest BCUT2D eigenvalue weighted by Crippen LogP contribution is -2.39. The number of guanidine groups is 1. The number of rotatable bonds is 13. The van der Waals surface area contributed by atoms with E-state index in [1.165, 1.54) is 12.0 Å². The van der Waals surface area contributed by atoms with Crippen LogP contribution in [-0.2, 0) is 16.1 Å². The minimum absolute atomic E-state index is 0.208. The lowest BCUT2D eigenvalue weighted by Gasteiger charge is -2.24. The molecule has 1 aliphatic rings. The summed E-state index contributed by atoms with van der Waals surface area (Å²) in [6.45, 7) is 8.20. The van der Waals surface area contributed by atoms with Crippen molar-refractivity contribution < 1.29 is 14.3 Å². The molecular formula is C23H38N4O3. The van der Waals surface area contributed by atoms with Crippen LogP contribution in [0.5, 0.6) is 5.75 Å². The maximum atomic E-state index is 11.9. The summed E-state index contributed by atoms with van der Waals surface area (Å²) < 4.78 is 11.0. The largest absolute Gasteiger partial charge is 0.493 e. The molecule has 2 rings (SSSR count). The Labute approximate surface area is 181 Å². The Kier molecular flexibility index (Phi) is 11.1. The zero-order chi connectivity index (χ0) is 21.6. The lowest BCUT2D eigenvalue weighted by atomic mass is 9.85. The Morgan fingerprint density at radius 3 is 2.63 bits per heavy atom. The molecule has 1 aromatic carbocycles.